The Morgan fingerprint density at radius 1 is 0.635 bits per heavy atom. The predicted molar refractivity (Wildman–Crippen MR) is 241 cm³/mol. The number of fused-ring (bicyclic) bond motifs is 2. The summed E-state index contributed by atoms with van der Waals surface area (Å²) in [7, 11) is 0. The zero-order valence-corrected chi connectivity index (χ0v) is 35.5. The second kappa shape index (κ2) is 18.4. The average molecular weight is 860 g/mol. The monoisotopic (exact) mass is 859 g/mol. The lowest BCUT2D eigenvalue weighted by Gasteiger charge is -2.37. The molecule has 0 radical (unpaired) electrons. The molecule has 0 bridgehead atoms. The molecule has 2 amide bonds. The van der Waals surface area contributed by atoms with Crippen LogP contribution in [0.15, 0.2) is 85.9 Å². The van der Waals surface area contributed by atoms with Gasteiger partial charge in [-0.25, -0.2) is 0 Å². The van der Waals surface area contributed by atoms with E-state index in [-0.39, 0.29) is 81.3 Å². The molecule has 5 aromatic rings. The lowest BCUT2D eigenvalue weighted by atomic mass is 10.0. The van der Waals surface area contributed by atoms with Crippen LogP contribution in [0.2, 0.25) is 0 Å². The number of para-hydroxylation sites is 2. The first kappa shape index (κ1) is 43.1. The van der Waals surface area contributed by atoms with Crippen LogP contribution in [0.4, 0.5) is 28.4 Å². The molecule has 16 nitrogen and oxygen atoms in total. The van der Waals surface area contributed by atoms with Crippen LogP contribution in [-0.4, -0.2) is 113 Å². The maximum Gasteiger partial charge on any atom is 0.272 e. The number of carbonyl (C=O) groups excluding carboxylic acids is 2. The van der Waals surface area contributed by atoms with Gasteiger partial charge in [0.2, 0.25) is 0 Å². The summed E-state index contributed by atoms with van der Waals surface area (Å²) in [5.41, 5.74) is -0.550. The van der Waals surface area contributed by atoms with Crippen LogP contribution in [0, 0.1) is 0 Å². The highest BCUT2D eigenvalue weighted by Gasteiger charge is 2.36. The van der Waals surface area contributed by atoms with Crippen molar-refractivity contribution >= 4 is 40.3 Å². The first-order valence-electron chi connectivity index (χ1n) is 21.8. The maximum absolute atomic E-state index is 13.2. The van der Waals surface area contributed by atoms with Crippen molar-refractivity contribution < 1.29 is 24.5 Å². The minimum Gasteiger partial charge on any atom is -0.505 e. The molecule has 0 spiro atoms. The number of rotatable bonds is 12. The Morgan fingerprint density at radius 3 is 1.67 bits per heavy atom. The highest BCUT2D eigenvalue weighted by Crippen LogP contribution is 2.36. The molecule has 330 valence electrons. The molecule has 0 aromatic heterocycles. The standard InChI is InChI=1S/C27H30N4O4.C20H23N3O5/c1-2-20(17-8-4-3-5-9-17)28-22-23(26(34)25(22)33)29-21-12-6-11-19(24(21)32)27(35)31-15-14-30-13-7-10-18(30)16-31;1-2-28-19-15(17(25)18(19)26)21-14-7-3-6-13(16(14)24)20(27)23-10-9-22-8-4-5-12(22)11-23/h3-6,8-9,11-12,18,20,28-29,32H,2,7,10,13-16H2,1H3;3,6-7,12,21,24H,2,4-5,8-11H2,1H3/t18-,20+;12-/m00/s1. The van der Waals surface area contributed by atoms with E-state index in [9.17, 15) is 39.0 Å². The van der Waals surface area contributed by atoms with Gasteiger partial charge in [-0.3, -0.25) is 38.6 Å². The Balaban J connectivity index is 0.000000177. The van der Waals surface area contributed by atoms with E-state index in [0.29, 0.717) is 44.7 Å². The molecule has 3 atom stereocenters. The Labute approximate surface area is 364 Å². The molecule has 0 saturated carbocycles. The minimum absolute atomic E-state index is 0.00585. The molecule has 4 fully saturated rings. The second-order valence-corrected chi connectivity index (χ2v) is 16.5. The van der Waals surface area contributed by atoms with Gasteiger partial charge < -0.3 is 40.7 Å². The number of phenolic OH excluding ortho intramolecular Hbond substituents is 2. The van der Waals surface area contributed by atoms with E-state index in [4.69, 9.17) is 4.74 Å². The molecule has 4 aliphatic rings. The van der Waals surface area contributed by atoms with Crippen molar-refractivity contribution in [2.75, 3.05) is 74.9 Å². The average Bonchev–Trinajstić information content (AvgIpc) is 4.00. The van der Waals surface area contributed by atoms with E-state index < -0.39 is 21.7 Å². The van der Waals surface area contributed by atoms with E-state index in [1.54, 1.807) is 53.1 Å². The van der Waals surface area contributed by atoms with Crippen LogP contribution < -0.4 is 42.4 Å². The fourth-order valence-corrected chi connectivity index (χ4v) is 9.29. The third-order valence-electron chi connectivity index (χ3n) is 12.8. The number of carbonyl (C=O) groups is 2. The van der Waals surface area contributed by atoms with Crippen molar-refractivity contribution in [1.29, 1.82) is 0 Å². The van der Waals surface area contributed by atoms with Gasteiger partial charge in [-0.15, -0.1) is 0 Å². The lowest BCUT2D eigenvalue weighted by molar-refractivity contribution is 0.0563. The van der Waals surface area contributed by atoms with Gasteiger partial charge in [-0.1, -0.05) is 49.4 Å². The minimum atomic E-state index is -0.697. The summed E-state index contributed by atoms with van der Waals surface area (Å²) in [5.74, 6) is -0.961. The Hall–Kier alpha value is -6.52. The Bertz CT molecular complexity index is 2630. The molecule has 5 N–H and O–H groups in total. The van der Waals surface area contributed by atoms with Crippen molar-refractivity contribution in [3.05, 3.63) is 124 Å². The molecule has 5 aromatic carbocycles. The topological polar surface area (TPSA) is 201 Å². The van der Waals surface area contributed by atoms with Gasteiger partial charge in [0.05, 0.1) is 35.2 Å². The summed E-state index contributed by atoms with van der Waals surface area (Å²) in [5, 5.41) is 30.4. The van der Waals surface area contributed by atoms with E-state index in [0.717, 1.165) is 57.4 Å². The molecular weight excluding hydrogens is 807 g/mol. The van der Waals surface area contributed by atoms with Crippen LogP contribution in [0.3, 0.4) is 0 Å². The molecule has 0 unspecified atom stereocenters. The van der Waals surface area contributed by atoms with Gasteiger partial charge in [-0.05, 0) is 81.9 Å². The number of aromatic hydroxyl groups is 2. The molecule has 4 saturated heterocycles. The van der Waals surface area contributed by atoms with Gasteiger partial charge in [-0.2, -0.15) is 0 Å². The quantitative estimate of drug-likeness (QED) is 0.0880. The summed E-state index contributed by atoms with van der Waals surface area (Å²) in [4.78, 5) is 82.8. The summed E-state index contributed by atoms with van der Waals surface area (Å²) in [6.45, 7) is 10.4. The number of nitrogens with zero attached hydrogens (tertiary/aromatic N) is 4. The number of piperazine rings is 2. The number of ether oxygens (including phenoxy) is 1. The van der Waals surface area contributed by atoms with E-state index >= 15 is 0 Å². The number of benzene rings is 3. The smallest absolute Gasteiger partial charge is 0.272 e. The summed E-state index contributed by atoms with van der Waals surface area (Å²) < 4.78 is 5.18. The van der Waals surface area contributed by atoms with Crippen molar-refractivity contribution in [3.63, 3.8) is 0 Å². The predicted octanol–water partition coefficient (Wildman–Crippen LogP) is 4.27. The summed E-state index contributed by atoms with van der Waals surface area (Å²) in [6, 6.07) is 19.9. The number of hydrogen-bond donors (Lipinski definition) is 5. The van der Waals surface area contributed by atoms with Gasteiger partial charge in [0, 0.05) is 51.4 Å². The van der Waals surface area contributed by atoms with Crippen molar-refractivity contribution in [1.82, 2.24) is 19.6 Å². The van der Waals surface area contributed by atoms with Gasteiger partial charge in [0.25, 0.3) is 33.5 Å². The number of hydrogen-bond acceptors (Lipinski definition) is 14. The van der Waals surface area contributed by atoms with Crippen LogP contribution in [-0.2, 0) is 0 Å². The highest BCUT2D eigenvalue weighted by atomic mass is 16.5. The molecule has 9 rings (SSSR count). The van der Waals surface area contributed by atoms with Crippen LogP contribution in [0.5, 0.6) is 17.2 Å². The Kier molecular flexibility index (Phi) is 12.6. The fraction of sp³-hybridized carbons (Fsp3) is 0.404. The molecule has 0 aliphatic carbocycles. The fourth-order valence-electron chi connectivity index (χ4n) is 9.29. The third kappa shape index (κ3) is 8.52. The van der Waals surface area contributed by atoms with E-state index in [1.165, 1.54) is 0 Å². The molecule has 4 heterocycles. The molecule has 63 heavy (non-hydrogen) atoms. The number of anilines is 5. The van der Waals surface area contributed by atoms with Crippen molar-refractivity contribution in [2.45, 2.75) is 64.1 Å². The third-order valence-corrected chi connectivity index (χ3v) is 12.8. The normalized spacial score (nSPS) is 19.2. The first-order chi connectivity index (χ1) is 30.5. The van der Waals surface area contributed by atoms with E-state index in [2.05, 4.69) is 25.8 Å². The lowest BCUT2D eigenvalue weighted by Crippen LogP contribution is -2.52. The SMILES string of the molecule is CCOc1c(Nc2cccc(C(=O)N3CCN4CCC[C@H]4C3)c2O)c(=O)c1=O.CC[C@@H](Nc1c(Nc2cccc(C(=O)N3CCN4CCC[C@H]4C3)c2O)c(=O)c1=O)c1ccccc1. The largest absolute Gasteiger partial charge is 0.505 e. The highest BCUT2D eigenvalue weighted by molar-refractivity contribution is 6.00. The van der Waals surface area contributed by atoms with Gasteiger partial charge in [0.1, 0.15) is 17.1 Å². The first-order valence-corrected chi connectivity index (χ1v) is 21.8. The maximum atomic E-state index is 13.2. The Morgan fingerprint density at radius 2 is 1.14 bits per heavy atom. The number of nitrogens with one attached hydrogen (secondary N) is 3. The zero-order valence-electron chi connectivity index (χ0n) is 35.5. The molecule has 4 aliphatic heterocycles. The van der Waals surface area contributed by atoms with Gasteiger partial charge >= 0.3 is 0 Å². The van der Waals surface area contributed by atoms with Crippen molar-refractivity contribution in [2.24, 2.45) is 0 Å². The van der Waals surface area contributed by atoms with Crippen LogP contribution >= 0.6 is 0 Å². The van der Waals surface area contributed by atoms with Crippen molar-refractivity contribution in [3.8, 4) is 17.2 Å². The van der Waals surface area contributed by atoms with Gasteiger partial charge in [0.15, 0.2) is 17.2 Å². The summed E-state index contributed by atoms with van der Waals surface area (Å²) >= 11 is 0. The zero-order chi connectivity index (χ0) is 44.4. The summed E-state index contributed by atoms with van der Waals surface area (Å²) in [6.07, 6.45) is 5.19. The molecule has 16 heteroatoms. The van der Waals surface area contributed by atoms with E-state index in [1.807, 2.05) is 37.3 Å². The molecular formula is C47H53N7O9. The van der Waals surface area contributed by atoms with Crippen LogP contribution in [0.1, 0.15) is 78.3 Å². The number of amides is 2. The number of phenols is 2. The van der Waals surface area contributed by atoms with Crippen LogP contribution in [0.25, 0.3) is 0 Å². The second-order valence-electron chi connectivity index (χ2n) is 16.5.